The van der Waals surface area contributed by atoms with Crippen LogP contribution in [-0.4, -0.2) is 17.1 Å². The van der Waals surface area contributed by atoms with Gasteiger partial charge in [0.25, 0.3) is 0 Å². The van der Waals surface area contributed by atoms with Crippen molar-refractivity contribution in [3.05, 3.63) is 0 Å². The van der Waals surface area contributed by atoms with Crippen LogP contribution < -0.4 is 0 Å². The lowest BCUT2D eigenvalue weighted by Crippen LogP contribution is -2.33. The fourth-order valence-electron chi connectivity index (χ4n) is 3.92. The first kappa shape index (κ1) is 14.7. The fourth-order valence-corrected chi connectivity index (χ4v) is 4.31. The van der Waals surface area contributed by atoms with Crippen molar-refractivity contribution in [2.24, 2.45) is 11.8 Å². The van der Waals surface area contributed by atoms with Crippen LogP contribution in [0, 0.1) is 11.8 Å². The molecule has 0 bridgehead atoms. The lowest BCUT2D eigenvalue weighted by molar-refractivity contribution is -0.0714. The third kappa shape index (κ3) is 3.42. The topological polar surface area (TPSA) is 9.23 Å². The molecule has 0 aromatic rings. The van der Waals surface area contributed by atoms with E-state index in [2.05, 4.69) is 20.8 Å². The Morgan fingerprint density at radius 2 is 1.78 bits per heavy atom. The first-order valence-corrected chi connectivity index (χ1v) is 8.28. The van der Waals surface area contributed by atoms with E-state index in [1.165, 1.54) is 44.9 Å². The van der Waals surface area contributed by atoms with E-state index in [4.69, 9.17) is 16.3 Å². The Bertz CT molecular complexity index is 248. The molecule has 1 saturated heterocycles. The normalized spacial score (nSPS) is 30.8. The standard InChI is InChI=1S/C16H29ClO/c1-12(2)15(13(3)17)11-14-7-10-16(18-14)8-5-4-6-9-16/h12-15H,4-11H2,1-3H3. The van der Waals surface area contributed by atoms with Gasteiger partial charge in [-0.05, 0) is 50.9 Å². The van der Waals surface area contributed by atoms with Gasteiger partial charge in [0.1, 0.15) is 0 Å². The van der Waals surface area contributed by atoms with Crippen molar-refractivity contribution in [3.63, 3.8) is 0 Å². The van der Waals surface area contributed by atoms with Gasteiger partial charge in [0.15, 0.2) is 0 Å². The SMILES string of the molecule is CC(C)C(CC1CCC2(CCCCC2)O1)C(C)Cl. The molecule has 1 aliphatic carbocycles. The molecule has 106 valence electrons. The summed E-state index contributed by atoms with van der Waals surface area (Å²) in [7, 11) is 0. The molecular weight excluding hydrogens is 244 g/mol. The van der Waals surface area contributed by atoms with Gasteiger partial charge in [0.2, 0.25) is 0 Å². The Hall–Kier alpha value is 0.250. The molecule has 3 atom stereocenters. The van der Waals surface area contributed by atoms with E-state index in [0.717, 1.165) is 6.42 Å². The smallest absolute Gasteiger partial charge is 0.0687 e. The van der Waals surface area contributed by atoms with Crippen LogP contribution in [0.4, 0.5) is 0 Å². The summed E-state index contributed by atoms with van der Waals surface area (Å²) in [6.45, 7) is 6.71. The zero-order valence-electron chi connectivity index (χ0n) is 12.3. The molecule has 0 amide bonds. The van der Waals surface area contributed by atoms with Crippen molar-refractivity contribution in [2.75, 3.05) is 0 Å². The monoisotopic (exact) mass is 272 g/mol. The Morgan fingerprint density at radius 3 is 2.33 bits per heavy atom. The van der Waals surface area contributed by atoms with E-state index in [-0.39, 0.29) is 11.0 Å². The van der Waals surface area contributed by atoms with Crippen LogP contribution in [0.2, 0.25) is 0 Å². The van der Waals surface area contributed by atoms with Crippen molar-refractivity contribution < 1.29 is 4.74 Å². The van der Waals surface area contributed by atoms with Gasteiger partial charge in [-0.15, -0.1) is 11.6 Å². The summed E-state index contributed by atoms with van der Waals surface area (Å²) < 4.78 is 6.46. The number of hydrogen-bond donors (Lipinski definition) is 0. The number of alkyl halides is 1. The van der Waals surface area contributed by atoms with Crippen LogP contribution in [0.3, 0.4) is 0 Å². The van der Waals surface area contributed by atoms with E-state index in [1.807, 2.05) is 0 Å². The van der Waals surface area contributed by atoms with Gasteiger partial charge in [-0.25, -0.2) is 0 Å². The molecular formula is C16H29ClO. The van der Waals surface area contributed by atoms with Gasteiger partial charge in [0.05, 0.1) is 11.7 Å². The molecule has 0 aromatic heterocycles. The second-order valence-electron chi connectivity index (χ2n) is 6.84. The average molecular weight is 273 g/mol. The van der Waals surface area contributed by atoms with E-state index in [1.54, 1.807) is 0 Å². The van der Waals surface area contributed by atoms with Crippen molar-refractivity contribution in [2.45, 2.75) is 89.2 Å². The van der Waals surface area contributed by atoms with E-state index in [0.29, 0.717) is 17.9 Å². The third-order valence-corrected chi connectivity index (χ3v) is 5.41. The maximum atomic E-state index is 6.46. The molecule has 1 spiro atoms. The van der Waals surface area contributed by atoms with Crippen LogP contribution in [0.1, 0.15) is 72.1 Å². The van der Waals surface area contributed by atoms with Gasteiger partial charge in [-0.1, -0.05) is 33.1 Å². The van der Waals surface area contributed by atoms with Crippen LogP contribution in [0.25, 0.3) is 0 Å². The number of rotatable bonds is 4. The molecule has 1 nitrogen and oxygen atoms in total. The Kier molecular flexibility index (Phi) is 4.99. The molecule has 1 heterocycles. The summed E-state index contributed by atoms with van der Waals surface area (Å²) in [4.78, 5) is 0. The van der Waals surface area contributed by atoms with Gasteiger partial charge in [-0.2, -0.15) is 0 Å². The zero-order valence-corrected chi connectivity index (χ0v) is 13.0. The van der Waals surface area contributed by atoms with Crippen LogP contribution in [0.5, 0.6) is 0 Å². The molecule has 0 aromatic carbocycles. The van der Waals surface area contributed by atoms with Crippen LogP contribution in [-0.2, 0) is 4.74 Å². The first-order valence-electron chi connectivity index (χ1n) is 7.84. The molecule has 1 saturated carbocycles. The summed E-state index contributed by atoms with van der Waals surface area (Å²) in [5.74, 6) is 1.25. The molecule has 2 fully saturated rings. The quantitative estimate of drug-likeness (QED) is 0.643. The molecule has 0 radical (unpaired) electrons. The molecule has 3 unspecified atom stereocenters. The highest BCUT2D eigenvalue weighted by Crippen LogP contribution is 2.44. The highest BCUT2D eigenvalue weighted by Gasteiger charge is 2.41. The maximum absolute atomic E-state index is 6.46. The predicted molar refractivity (Wildman–Crippen MR) is 78.2 cm³/mol. The number of ether oxygens (including phenoxy) is 1. The largest absolute Gasteiger partial charge is 0.372 e. The van der Waals surface area contributed by atoms with Crippen molar-refractivity contribution in [1.82, 2.24) is 0 Å². The summed E-state index contributed by atoms with van der Waals surface area (Å²) in [5.41, 5.74) is 0.264. The molecule has 2 aliphatic rings. The first-order chi connectivity index (χ1) is 8.52. The molecule has 1 aliphatic heterocycles. The Labute approximate surface area is 118 Å². The van der Waals surface area contributed by atoms with E-state index >= 15 is 0 Å². The van der Waals surface area contributed by atoms with Crippen molar-refractivity contribution in [3.8, 4) is 0 Å². The zero-order chi connectivity index (χ0) is 13.2. The average Bonchev–Trinajstić information content (AvgIpc) is 2.69. The highest BCUT2D eigenvalue weighted by molar-refractivity contribution is 6.20. The molecule has 18 heavy (non-hydrogen) atoms. The minimum Gasteiger partial charge on any atom is -0.372 e. The lowest BCUT2D eigenvalue weighted by Gasteiger charge is -2.34. The summed E-state index contributed by atoms with van der Waals surface area (Å²) >= 11 is 6.34. The maximum Gasteiger partial charge on any atom is 0.0687 e. The number of halogens is 1. The van der Waals surface area contributed by atoms with Crippen LogP contribution in [0.15, 0.2) is 0 Å². The van der Waals surface area contributed by atoms with Gasteiger partial charge < -0.3 is 4.74 Å². The van der Waals surface area contributed by atoms with Gasteiger partial charge in [-0.3, -0.25) is 0 Å². The third-order valence-electron chi connectivity index (χ3n) is 5.08. The Morgan fingerprint density at radius 1 is 1.11 bits per heavy atom. The Balaban J connectivity index is 1.88. The predicted octanol–water partition coefficient (Wildman–Crippen LogP) is 5.16. The second-order valence-corrected chi connectivity index (χ2v) is 7.53. The molecule has 0 N–H and O–H groups in total. The van der Waals surface area contributed by atoms with E-state index < -0.39 is 0 Å². The lowest BCUT2D eigenvalue weighted by atomic mass is 9.82. The minimum absolute atomic E-state index is 0.261. The minimum atomic E-state index is 0.261. The summed E-state index contributed by atoms with van der Waals surface area (Å²) in [6.07, 6.45) is 10.9. The van der Waals surface area contributed by atoms with Crippen molar-refractivity contribution in [1.29, 1.82) is 0 Å². The fraction of sp³-hybridized carbons (Fsp3) is 1.00. The second kappa shape index (κ2) is 6.13. The summed E-state index contributed by atoms with van der Waals surface area (Å²) in [5, 5.41) is 0.261. The number of hydrogen-bond acceptors (Lipinski definition) is 1. The van der Waals surface area contributed by atoms with E-state index in [9.17, 15) is 0 Å². The van der Waals surface area contributed by atoms with Crippen LogP contribution >= 0.6 is 11.6 Å². The van der Waals surface area contributed by atoms with Crippen molar-refractivity contribution >= 4 is 11.6 Å². The van der Waals surface area contributed by atoms with Gasteiger partial charge in [0, 0.05) is 5.38 Å². The molecule has 2 rings (SSSR count). The summed E-state index contributed by atoms with van der Waals surface area (Å²) in [6, 6.07) is 0. The van der Waals surface area contributed by atoms with Gasteiger partial charge >= 0.3 is 0 Å². The molecule has 2 heteroatoms. The highest BCUT2D eigenvalue weighted by atomic mass is 35.5.